The van der Waals surface area contributed by atoms with E-state index in [2.05, 4.69) is 12.2 Å². The average molecular weight is 166 g/mol. The Morgan fingerprint density at radius 1 is 1.50 bits per heavy atom. The van der Waals surface area contributed by atoms with E-state index < -0.39 is 0 Å². The molecule has 0 saturated carbocycles. The zero-order valence-electron chi connectivity index (χ0n) is 6.34. The van der Waals surface area contributed by atoms with Gasteiger partial charge in [-0.15, -0.1) is 12.4 Å². The Labute approximate surface area is 68.4 Å². The standard InChI is InChI=1S/C7H15NO.ClH/c1-6-4-7(9)2-3-8-5-6;/h6-9H,2-5H2,1H3;1H. The molecule has 1 fully saturated rings. The third-order valence-corrected chi connectivity index (χ3v) is 1.82. The molecule has 62 valence electrons. The summed E-state index contributed by atoms with van der Waals surface area (Å²) in [5, 5.41) is 12.5. The molecule has 0 aliphatic carbocycles. The maximum Gasteiger partial charge on any atom is 0.0555 e. The summed E-state index contributed by atoms with van der Waals surface area (Å²) in [6.07, 6.45) is 1.83. The van der Waals surface area contributed by atoms with Gasteiger partial charge in [0.1, 0.15) is 0 Å². The minimum Gasteiger partial charge on any atom is -0.393 e. The van der Waals surface area contributed by atoms with Gasteiger partial charge in [0.15, 0.2) is 0 Å². The van der Waals surface area contributed by atoms with Crippen molar-refractivity contribution in [1.29, 1.82) is 0 Å². The molecule has 2 nitrogen and oxygen atoms in total. The molecule has 0 aromatic carbocycles. The second kappa shape index (κ2) is 4.94. The molecular weight excluding hydrogens is 150 g/mol. The van der Waals surface area contributed by atoms with Crippen LogP contribution in [0.1, 0.15) is 19.8 Å². The van der Waals surface area contributed by atoms with E-state index in [4.69, 9.17) is 0 Å². The second-order valence-corrected chi connectivity index (χ2v) is 2.99. The highest BCUT2D eigenvalue weighted by molar-refractivity contribution is 5.85. The van der Waals surface area contributed by atoms with E-state index in [0.717, 1.165) is 25.9 Å². The van der Waals surface area contributed by atoms with E-state index in [1.54, 1.807) is 0 Å². The number of hydrogen-bond donors (Lipinski definition) is 2. The first-order valence-electron chi connectivity index (χ1n) is 3.68. The van der Waals surface area contributed by atoms with Gasteiger partial charge in [0.25, 0.3) is 0 Å². The molecule has 0 radical (unpaired) electrons. The monoisotopic (exact) mass is 165 g/mol. The summed E-state index contributed by atoms with van der Waals surface area (Å²) in [5.74, 6) is 0.641. The molecule has 2 unspecified atom stereocenters. The molecule has 1 saturated heterocycles. The minimum absolute atomic E-state index is 0. The highest BCUT2D eigenvalue weighted by atomic mass is 35.5. The molecule has 0 spiro atoms. The van der Waals surface area contributed by atoms with Gasteiger partial charge in [-0.2, -0.15) is 0 Å². The lowest BCUT2D eigenvalue weighted by molar-refractivity contribution is 0.149. The fraction of sp³-hybridized carbons (Fsp3) is 1.00. The van der Waals surface area contributed by atoms with E-state index in [9.17, 15) is 5.11 Å². The lowest BCUT2D eigenvalue weighted by Crippen LogP contribution is -2.18. The van der Waals surface area contributed by atoms with E-state index in [0.29, 0.717) is 5.92 Å². The summed E-state index contributed by atoms with van der Waals surface area (Å²) in [6, 6.07) is 0. The smallest absolute Gasteiger partial charge is 0.0555 e. The average Bonchev–Trinajstić information content (AvgIpc) is 1.93. The molecule has 0 amide bonds. The Morgan fingerprint density at radius 3 is 2.90 bits per heavy atom. The first-order chi connectivity index (χ1) is 4.29. The summed E-state index contributed by atoms with van der Waals surface area (Å²) in [6.45, 7) is 4.21. The first-order valence-corrected chi connectivity index (χ1v) is 3.68. The van der Waals surface area contributed by atoms with Crippen molar-refractivity contribution < 1.29 is 5.11 Å². The lowest BCUT2D eigenvalue weighted by Gasteiger charge is -2.08. The van der Waals surface area contributed by atoms with Crippen molar-refractivity contribution in [2.24, 2.45) is 5.92 Å². The van der Waals surface area contributed by atoms with Crippen LogP contribution in [-0.2, 0) is 0 Å². The van der Waals surface area contributed by atoms with Crippen molar-refractivity contribution in [3.05, 3.63) is 0 Å². The Kier molecular flexibility index (Phi) is 5.04. The maximum absolute atomic E-state index is 9.22. The predicted octanol–water partition coefficient (Wildman–Crippen LogP) is 0.789. The van der Waals surface area contributed by atoms with Gasteiger partial charge in [-0.05, 0) is 31.8 Å². The highest BCUT2D eigenvalue weighted by Crippen LogP contribution is 2.10. The lowest BCUT2D eigenvalue weighted by atomic mass is 10.0. The van der Waals surface area contributed by atoms with Crippen LogP contribution in [-0.4, -0.2) is 24.3 Å². The normalized spacial score (nSPS) is 34.2. The van der Waals surface area contributed by atoms with Crippen LogP contribution in [0.3, 0.4) is 0 Å². The number of aliphatic hydroxyl groups excluding tert-OH is 1. The molecule has 0 aromatic heterocycles. The van der Waals surface area contributed by atoms with E-state index >= 15 is 0 Å². The fourth-order valence-corrected chi connectivity index (χ4v) is 1.28. The third kappa shape index (κ3) is 3.40. The summed E-state index contributed by atoms with van der Waals surface area (Å²) in [4.78, 5) is 0. The molecule has 1 aliphatic heterocycles. The molecule has 1 rings (SSSR count). The van der Waals surface area contributed by atoms with Crippen molar-refractivity contribution in [3.63, 3.8) is 0 Å². The molecule has 10 heavy (non-hydrogen) atoms. The zero-order valence-corrected chi connectivity index (χ0v) is 7.16. The summed E-state index contributed by atoms with van der Waals surface area (Å²) < 4.78 is 0. The van der Waals surface area contributed by atoms with Gasteiger partial charge >= 0.3 is 0 Å². The molecule has 2 atom stereocenters. The van der Waals surface area contributed by atoms with Crippen molar-refractivity contribution in [3.8, 4) is 0 Å². The Balaban J connectivity index is 0.000000810. The Morgan fingerprint density at radius 2 is 2.20 bits per heavy atom. The summed E-state index contributed by atoms with van der Waals surface area (Å²) >= 11 is 0. The highest BCUT2D eigenvalue weighted by Gasteiger charge is 2.13. The van der Waals surface area contributed by atoms with Crippen LogP contribution in [0.25, 0.3) is 0 Å². The number of aliphatic hydroxyl groups is 1. The van der Waals surface area contributed by atoms with Gasteiger partial charge in [0.2, 0.25) is 0 Å². The van der Waals surface area contributed by atoms with Crippen molar-refractivity contribution >= 4 is 12.4 Å². The summed E-state index contributed by atoms with van der Waals surface area (Å²) in [7, 11) is 0. The van der Waals surface area contributed by atoms with Gasteiger partial charge in [0, 0.05) is 0 Å². The van der Waals surface area contributed by atoms with Gasteiger partial charge in [-0.1, -0.05) is 6.92 Å². The van der Waals surface area contributed by atoms with Crippen molar-refractivity contribution in [1.82, 2.24) is 5.32 Å². The van der Waals surface area contributed by atoms with Crippen LogP contribution in [0.15, 0.2) is 0 Å². The van der Waals surface area contributed by atoms with E-state index in [1.807, 2.05) is 0 Å². The van der Waals surface area contributed by atoms with Crippen LogP contribution < -0.4 is 5.32 Å². The van der Waals surface area contributed by atoms with Crippen molar-refractivity contribution in [2.75, 3.05) is 13.1 Å². The number of nitrogens with one attached hydrogen (secondary N) is 1. The van der Waals surface area contributed by atoms with Gasteiger partial charge < -0.3 is 10.4 Å². The van der Waals surface area contributed by atoms with Crippen LogP contribution in [0.4, 0.5) is 0 Å². The quantitative estimate of drug-likeness (QED) is 0.557. The van der Waals surface area contributed by atoms with Gasteiger partial charge in [-0.3, -0.25) is 0 Å². The number of rotatable bonds is 0. The largest absolute Gasteiger partial charge is 0.393 e. The summed E-state index contributed by atoms with van der Waals surface area (Å²) in [5.41, 5.74) is 0. The van der Waals surface area contributed by atoms with Crippen LogP contribution in [0, 0.1) is 5.92 Å². The minimum atomic E-state index is -0.0602. The van der Waals surface area contributed by atoms with Crippen LogP contribution in [0.5, 0.6) is 0 Å². The molecule has 0 bridgehead atoms. The second-order valence-electron chi connectivity index (χ2n) is 2.99. The molecule has 2 N–H and O–H groups in total. The first kappa shape index (κ1) is 10.2. The fourth-order valence-electron chi connectivity index (χ4n) is 1.28. The zero-order chi connectivity index (χ0) is 6.69. The molecule has 1 aliphatic rings. The van der Waals surface area contributed by atoms with Crippen LogP contribution >= 0.6 is 12.4 Å². The van der Waals surface area contributed by atoms with E-state index in [-0.39, 0.29) is 18.5 Å². The molecule has 0 aromatic rings. The Hall–Kier alpha value is 0.210. The Bertz CT molecular complexity index is 79.7. The van der Waals surface area contributed by atoms with Gasteiger partial charge in [-0.25, -0.2) is 0 Å². The van der Waals surface area contributed by atoms with E-state index in [1.165, 1.54) is 0 Å². The predicted molar refractivity (Wildman–Crippen MR) is 44.5 cm³/mol. The topological polar surface area (TPSA) is 32.3 Å². The van der Waals surface area contributed by atoms with Crippen LogP contribution in [0.2, 0.25) is 0 Å². The SMILES string of the molecule is CC1CNCCC(O)C1.Cl. The maximum atomic E-state index is 9.22. The number of hydrogen-bond acceptors (Lipinski definition) is 2. The third-order valence-electron chi connectivity index (χ3n) is 1.82. The number of halogens is 1. The molecular formula is C7H16ClNO. The van der Waals surface area contributed by atoms with Crippen molar-refractivity contribution in [2.45, 2.75) is 25.9 Å². The molecule has 1 heterocycles. The van der Waals surface area contributed by atoms with Gasteiger partial charge in [0.05, 0.1) is 6.10 Å². The molecule has 3 heteroatoms.